The molecule has 3 rings (SSSR count). The minimum absolute atomic E-state index is 0.243. The maximum absolute atomic E-state index is 13.2. The van der Waals surface area contributed by atoms with Gasteiger partial charge in [-0.15, -0.1) is 10.2 Å². The van der Waals surface area contributed by atoms with Gasteiger partial charge in [0.25, 0.3) is 0 Å². The molecule has 0 aliphatic carbocycles. The molecule has 0 saturated carbocycles. The fraction of sp³-hybridized carbons (Fsp3) is 0.125. The molecule has 0 saturated heterocycles. The molecule has 0 fully saturated rings. The fourth-order valence-corrected chi connectivity index (χ4v) is 2.85. The number of nitrogen functional groups attached to an aromatic ring is 1. The Balaban J connectivity index is 1.77. The summed E-state index contributed by atoms with van der Waals surface area (Å²) in [5.74, 6) is 7.02. The first kappa shape index (κ1) is 14.6. The van der Waals surface area contributed by atoms with Gasteiger partial charge in [0, 0.05) is 11.3 Å². The third-order valence-corrected chi connectivity index (χ3v) is 4.25. The van der Waals surface area contributed by atoms with E-state index in [0.29, 0.717) is 16.7 Å². The summed E-state index contributed by atoms with van der Waals surface area (Å²) >= 11 is 1.43. The topological polar surface area (TPSA) is 56.7 Å². The molecule has 3 aromatic rings. The Morgan fingerprint density at radius 2 is 1.91 bits per heavy atom. The highest BCUT2D eigenvalue weighted by Crippen LogP contribution is 2.24. The van der Waals surface area contributed by atoms with E-state index < -0.39 is 0 Å². The smallest absolute Gasteiger partial charge is 0.210 e. The molecule has 0 amide bonds. The monoisotopic (exact) mass is 314 g/mol. The zero-order valence-electron chi connectivity index (χ0n) is 12.0. The number of halogens is 1. The van der Waals surface area contributed by atoms with Crippen LogP contribution in [-0.2, 0) is 5.75 Å². The Kier molecular flexibility index (Phi) is 4.11. The summed E-state index contributed by atoms with van der Waals surface area (Å²) < 4.78 is 14.6. The number of nitrogens with two attached hydrogens (primary N) is 1. The quantitative estimate of drug-likeness (QED) is 0.592. The highest BCUT2D eigenvalue weighted by Gasteiger charge is 2.12. The minimum Gasteiger partial charge on any atom is -0.335 e. The van der Waals surface area contributed by atoms with E-state index in [1.165, 1.54) is 34.1 Å². The molecule has 4 nitrogen and oxygen atoms in total. The molecule has 0 bridgehead atoms. The van der Waals surface area contributed by atoms with Gasteiger partial charge < -0.3 is 5.84 Å². The number of benzene rings is 2. The van der Waals surface area contributed by atoms with E-state index in [9.17, 15) is 4.39 Å². The van der Waals surface area contributed by atoms with E-state index in [4.69, 9.17) is 5.84 Å². The van der Waals surface area contributed by atoms with Crippen LogP contribution < -0.4 is 5.84 Å². The van der Waals surface area contributed by atoms with Crippen molar-refractivity contribution in [2.75, 3.05) is 5.84 Å². The van der Waals surface area contributed by atoms with E-state index in [1.807, 2.05) is 37.3 Å². The Hall–Kier alpha value is -2.34. The lowest BCUT2D eigenvalue weighted by molar-refractivity contribution is 0.626. The zero-order valence-corrected chi connectivity index (χ0v) is 12.8. The van der Waals surface area contributed by atoms with Crippen LogP contribution in [0.4, 0.5) is 4.39 Å². The molecule has 0 atom stereocenters. The average molecular weight is 314 g/mol. The molecule has 2 aromatic carbocycles. The SMILES string of the molecule is Cc1ccc(-c2nnc(SCc3cccc(F)c3)n2N)cc1. The molecule has 0 aliphatic heterocycles. The lowest BCUT2D eigenvalue weighted by atomic mass is 10.1. The third-order valence-electron chi connectivity index (χ3n) is 3.23. The van der Waals surface area contributed by atoms with E-state index in [1.54, 1.807) is 6.07 Å². The maximum Gasteiger partial charge on any atom is 0.210 e. The average Bonchev–Trinajstić information content (AvgIpc) is 2.87. The van der Waals surface area contributed by atoms with Gasteiger partial charge in [-0.2, -0.15) is 0 Å². The molecule has 0 unspecified atom stereocenters. The molecule has 0 radical (unpaired) electrons. The van der Waals surface area contributed by atoms with E-state index in [2.05, 4.69) is 10.2 Å². The molecule has 0 spiro atoms. The number of thioether (sulfide) groups is 1. The Morgan fingerprint density at radius 3 is 2.64 bits per heavy atom. The van der Waals surface area contributed by atoms with Crippen molar-refractivity contribution in [1.29, 1.82) is 0 Å². The van der Waals surface area contributed by atoms with Gasteiger partial charge in [0.15, 0.2) is 5.82 Å². The van der Waals surface area contributed by atoms with E-state index in [-0.39, 0.29) is 5.82 Å². The second-order valence-corrected chi connectivity index (χ2v) is 5.90. The number of rotatable bonds is 4. The Morgan fingerprint density at radius 1 is 1.14 bits per heavy atom. The minimum atomic E-state index is -0.243. The van der Waals surface area contributed by atoms with Crippen molar-refractivity contribution in [3.63, 3.8) is 0 Å². The van der Waals surface area contributed by atoms with E-state index in [0.717, 1.165) is 11.1 Å². The first-order valence-electron chi connectivity index (χ1n) is 6.78. The molecule has 22 heavy (non-hydrogen) atoms. The summed E-state index contributed by atoms with van der Waals surface area (Å²) in [6, 6.07) is 14.4. The number of hydrogen-bond donors (Lipinski definition) is 1. The summed E-state index contributed by atoms with van der Waals surface area (Å²) in [4.78, 5) is 0. The molecule has 2 N–H and O–H groups in total. The van der Waals surface area contributed by atoms with Crippen molar-refractivity contribution in [3.8, 4) is 11.4 Å². The molecule has 112 valence electrons. The van der Waals surface area contributed by atoms with Crippen LogP contribution in [0.5, 0.6) is 0 Å². The summed E-state index contributed by atoms with van der Waals surface area (Å²) in [7, 11) is 0. The van der Waals surface area contributed by atoms with Gasteiger partial charge >= 0.3 is 0 Å². The summed E-state index contributed by atoms with van der Waals surface area (Å²) in [6.45, 7) is 2.03. The third kappa shape index (κ3) is 3.12. The summed E-state index contributed by atoms with van der Waals surface area (Å²) in [5.41, 5.74) is 2.97. The maximum atomic E-state index is 13.2. The van der Waals surface area contributed by atoms with Gasteiger partial charge in [0.1, 0.15) is 5.82 Å². The van der Waals surface area contributed by atoms with Crippen molar-refractivity contribution in [1.82, 2.24) is 14.9 Å². The van der Waals surface area contributed by atoms with Crippen molar-refractivity contribution in [3.05, 3.63) is 65.5 Å². The normalized spacial score (nSPS) is 10.8. The van der Waals surface area contributed by atoms with Crippen LogP contribution in [0.25, 0.3) is 11.4 Å². The van der Waals surface area contributed by atoms with Crippen molar-refractivity contribution in [2.45, 2.75) is 17.8 Å². The lowest BCUT2D eigenvalue weighted by Gasteiger charge is -2.04. The van der Waals surface area contributed by atoms with Crippen LogP contribution in [0.1, 0.15) is 11.1 Å². The van der Waals surface area contributed by atoms with Gasteiger partial charge in [-0.1, -0.05) is 53.7 Å². The molecular formula is C16H15FN4S. The van der Waals surface area contributed by atoms with E-state index >= 15 is 0 Å². The van der Waals surface area contributed by atoms with Gasteiger partial charge in [-0.05, 0) is 24.6 Å². The van der Waals surface area contributed by atoms with Crippen LogP contribution in [0, 0.1) is 12.7 Å². The predicted octanol–water partition coefficient (Wildman–Crippen LogP) is 3.40. The van der Waals surface area contributed by atoms with Gasteiger partial charge in [0.05, 0.1) is 0 Å². The molecule has 1 heterocycles. The Bertz CT molecular complexity index is 783. The largest absolute Gasteiger partial charge is 0.335 e. The molecule has 6 heteroatoms. The van der Waals surface area contributed by atoms with Gasteiger partial charge in [-0.3, -0.25) is 0 Å². The predicted molar refractivity (Wildman–Crippen MR) is 86.3 cm³/mol. The fourth-order valence-electron chi connectivity index (χ4n) is 2.05. The van der Waals surface area contributed by atoms with Gasteiger partial charge in [-0.25, -0.2) is 9.07 Å². The number of aromatic nitrogens is 3. The first-order chi connectivity index (χ1) is 10.6. The first-order valence-corrected chi connectivity index (χ1v) is 7.77. The second-order valence-electron chi connectivity index (χ2n) is 4.96. The standard InChI is InChI=1S/C16H15FN4S/c1-11-5-7-13(8-6-11)15-19-20-16(21(15)18)22-10-12-3-2-4-14(17)9-12/h2-9H,10,18H2,1H3. The lowest BCUT2D eigenvalue weighted by Crippen LogP contribution is -2.11. The highest BCUT2D eigenvalue weighted by atomic mass is 32.2. The number of hydrogen-bond acceptors (Lipinski definition) is 4. The van der Waals surface area contributed by atoms with Crippen LogP contribution in [0.3, 0.4) is 0 Å². The van der Waals surface area contributed by atoms with Gasteiger partial charge in [0.2, 0.25) is 5.16 Å². The van der Waals surface area contributed by atoms with Crippen LogP contribution in [0.15, 0.2) is 53.7 Å². The summed E-state index contributed by atoms with van der Waals surface area (Å²) in [5, 5.41) is 8.84. The second kappa shape index (κ2) is 6.19. The summed E-state index contributed by atoms with van der Waals surface area (Å²) in [6.07, 6.45) is 0. The van der Waals surface area contributed by atoms with Crippen LogP contribution >= 0.6 is 11.8 Å². The zero-order chi connectivity index (χ0) is 15.5. The number of nitrogens with zero attached hydrogens (tertiary/aromatic N) is 3. The highest BCUT2D eigenvalue weighted by molar-refractivity contribution is 7.98. The van der Waals surface area contributed by atoms with Crippen LogP contribution in [-0.4, -0.2) is 14.9 Å². The van der Waals surface area contributed by atoms with Crippen LogP contribution in [0.2, 0.25) is 0 Å². The molecule has 1 aromatic heterocycles. The van der Waals surface area contributed by atoms with Crippen molar-refractivity contribution >= 4 is 11.8 Å². The Labute approximate surface area is 132 Å². The molecular weight excluding hydrogens is 299 g/mol. The van der Waals surface area contributed by atoms with Crippen molar-refractivity contribution in [2.24, 2.45) is 0 Å². The molecule has 0 aliphatic rings. The van der Waals surface area contributed by atoms with Crippen molar-refractivity contribution < 1.29 is 4.39 Å². The number of aryl methyl sites for hydroxylation is 1.